The highest BCUT2D eigenvalue weighted by Gasteiger charge is 2.33. The second-order valence-electron chi connectivity index (χ2n) is 7.08. The number of esters is 1. The molecule has 0 saturated heterocycles. The first kappa shape index (κ1) is 25.4. The lowest BCUT2D eigenvalue weighted by Crippen LogP contribution is -2.26. The van der Waals surface area contributed by atoms with Crippen LogP contribution in [-0.4, -0.2) is 33.1 Å². The molecule has 3 rings (SSSR count). The largest absolute Gasteiger partial charge is 0.461 e. The van der Waals surface area contributed by atoms with Gasteiger partial charge in [0, 0.05) is 28.1 Å². The number of halogens is 1. The van der Waals surface area contributed by atoms with E-state index in [1.54, 1.807) is 36.2 Å². The third-order valence-electron chi connectivity index (χ3n) is 4.89. The number of carbonyl (C=O) groups excluding carboxylic acids is 1. The summed E-state index contributed by atoms with van der Waals surface area (Å²) in [5, 5.41) is 2.45. The number of fused-ring (bicyclic) bond motifs is 1. The van der Waals surface area contributed by atoms with E-state index < -0.39 is 25.1 Å². The summed E-state index contributed by atoms with van der Waals surface area (Å²) in [6, 6.07) is 15.0. The van der Waals surface area contributed by atoms with E-state index in [0.717, 1.165) is 10.7 Å². The number of hydrogen-bond acceptors (Lipinski definition) is 4. The monoisotopic (exact) mass is 503 g/mol. The Morgan fingerprint density at radius 3 is 2.58 bits per heavy atom. The Morgan fingerprint density at radius 2 is 1.94 bits per heavy atom. The van der Waals surface area contributed by atoms with Gasteiger partial charge in [0.05, 0.1) is 25.5 Å². The molecule has 5 nitrogen and oxygen atoms in total. The maximum absolute atomic E-state index is 13.8. The van der Waals surface area contributed by atoms with Crippen LogP contribution in [0.3, 0.4) is 0 Å². The van der Waals surface area contributed by atoms with Crippen LogP contribution < -0.4 is 10.6 Å². The summed E-state index contributed by atoms with van der Waals surface area (Å²) in [5.74, 6) is -0.543. The van der Waals surface area contributed by atoms with Crippen molar-refractivity contribution in [3.8, 4) is 0 Å². The van der Waals surface area contributed by atoms with Gasteiger partial charge in [-0.3, -0.25) is 3.97 Å². The zero-order chi connectivity index (χ0) is 24.0. The van der Waals surface area contributed by atoms with Crippen LogP contribution in [-0.2, 0) is 20.2 Å². The van der Waals surface area contributed by atoms with Gasteiger partial charge in [-0.15, -0.1) is 0 Å². The Labute approximate surface area is 203 Å². The smallest absolute Gasteiger partial charge is 0.356 e. The molecule has 2 aromatic carbocycles. The Bertz CT molecular complexity index is 1210. The molecule has 3 aromatic rings. The Kier molecular flexibility index (Phi) is 9.04. The zero-order valence-electron chi connectivity index (χ0n) is 19.0. The first-order valence-corrected chi connectivity index (χ1v) is 13.4. The summed E-state index contributed by atoms with van der Waals surface area (Å²) in [4.78, 5) is 13.3. The van der Waals surface area contributed by atoms with Gasteiger partial charge in [0.25, 0.3) is 0 Å². The van der Waals surface area contributed by atoms with Crippen LogP contribution in [0.1, 0.15) is 31.3 Å². The summed E-state index contributed by atoms with van der Waals surface area (Å²) >= 11 is 6.36. The molecule has 0 aliphatic rings. The maximum Gasteiger partial charge on any atom is 0.356 e. The van der Waals surface area contributed by atoms with Gasteiger partial charge >= 0.3 is 5.97 Å². The normalized spacial score (nSPS) is 14.7. The lowest BCUT2D eigenvalue weighted by Gasteiger charge is -2.18. The standard InChI is InChI=1S/C25H27ClNO4PS/c1-5-7-9-12-18(3)33(29)27-22-16-15-19(26)17-21(22)24(23(27)25(28)31-6-2)32(30-4)20-13-10-8-11-14-20/h5,7-18H,6H2,1-4H3/b7-5-,12-9-. The number of benzene rings is 2. The first-order valence-electron chi connectivity index (χ1n) is 10.5. The van der Waals surface area contributed by atoms with Gasteiger partial charge in [0.15, 0.2) is 5.69 Å². The number of nitrogens with zero attached hydrogens (tertiary/aromatic N) is 1. The molecule has 0 N–H and O–H groups in total. The van der Waals surface area contributed by atoms with Crippen molar-refractivity contribution in [2.45, 2.75) is 26.0 Å². The summed E-state index contributed by atoms with van der Waals surface area (Å²) in [7, 11) is -1.39. The van der Waals surface area contributed by atoms with Crippen LogP contribution in [0.15, 0.2) is 72.8 Å². The van der Waals surface area contributed by atoms with E-state index in [1.165, 1.54) is 0 Å². The molecule has 0 aliphatic heterocycles. The number of carbonyl (C=O) groups is 1. The molecule has 0 saturated carbocycles. The second-order valence-corrected chi connectivity index (χ2v) is 11.1. The molecule has 3 atom stereocenters. The van der Waals surface area contributed by atoms with Crippen molar-refractivity contribution in [2.24, 2.45) is 0 Å². The average molecular weight is 504 g/mol. The highest BCUT2D eigenvalue weighted by atomic mass is 35.5. The van der Waals surface area contributed by atoms with Gasteiger partial charge in [-0.25, -0.2) is 9.00 Å². The SMILES string of the molecule is C/C=C\C=C/C(C)S(=O)n1c(C(=O)OCC)c(P(OC)c2ccccc2)c2cc(Cl)ccc21. The molecular formula is C25H27ClNO4PS. The lowest BCUT2D eigenvalue weighted by atomic mass is 10.2. The summed E-state index contributed by atoms with van der Waals surface area (Å²) in [5.41, 5.74) is 0.873. The van der Waals surface area contributed by atoms with Crippen LogP contribution in [0.4, 0.5) is 0 Å². The highest BCUT2D eigenvalue weighted by Crippen LogP contribution is 2.40. The lowest BCUT2D eigenvalue weighted by molar-refractivity contribution is 0.0520. The van der Waals surface area contributed by atoms with E-state index in [4.69, 9.17) is 20.9 Å². The topological polar surface area (TPSA) is 57.5 Å². The predicted molar refractivity (Wildman–Crippen MR) is 139 cm³/mol. The summed E-state index contributed by atoms with van der Waals surface area (Å²) in [6.45, 7) is 5.71. The second kappa shape index (κ2) is 11.8. The van der Waals surface area contributed by atoms with E-state index in [0.29, 0.717) is 15.8 Å². The highest BCUT2D eigenvalue weighted by molar-refractivity contribution is 7.84. The number of hydrogen-bond donors (Lipinski definition) is 0. The Hall–Kier alpha value is -2.24. The maximum atomic E-state index is 13.8. The van der Waals surface area contributed by atoms with Crippen LogP contribution in [0.25, 0.3) is 10.9 Å². The fraction of sp³-hybridized carbons (Fsp3) is 0.240. The van der Waals surface area contributed by atoms with Crippen molar-refractivity contribution in [2.75, 3.05) is 13.7 Å². The summed E-state index contributed by atoms with van der Waals surface area (Å²) < 4.78 is 26.7. The molecule has 8 heteroatoms. The van der Waals surface area contributed by atoms with E-state index >= 15 is 0 Å². The van der Waals surface area contributed by atoms with Gasteiger partial charge in [-0.2, -0.15) is 0 Å². The molecule has 0 fully saturated rings. The number of rotatable bonds is 9. The molecule has 33 heavy (non-hydrogen) atoms. The van der Waals surface area contributed by atoms with Crippen LogP contribution >= 0.6 is 19.7 Å². The zero-order valence-corrected chi connectivity index (χ0v) is 21.5. The molecule has 0 amide bonds. The van der Waals surface area contributed by atoms with Crippen LogP contribution in [0.2, 0.25) is 5.02 Å². The Morgan fingerprint density at radius 1 is 1.21 bits per heavy atom. The molecule has 1 aromatic heterocycles. The molecule has 0 spiro atoms. The molecule has 1 heterocycles. The Balaban J connectivity index is 2.35. The minimum atomic E-state index is -1.60. The molecule has 0 aliphatic carbocycles. The fourth-order valence-corrected chi connectivity index (χ4v) is 6.82. The van der Waals surface area contributed by atoms with E-state index in [-0.39, 0.29) is 17.6 Å². The quantitative estimate of drug-likeness (QED) is 0.220. The first-order chi connectivity index (χ1) is 15.9. The van der Waals surface area contributed by atoms with Gasteiger partial charge in [0.2, 0.25) is 0 Å². The third kappa shape index (κ3) is 5.47. The van der Waals surface area contributed by atoms with E-state index in [1.807, 2.05) is 68.5 Å². The molecule has 174 valence electrons. The van der Waals surface area contributed by atoms with E-state index in [2.05, 4.69) is 0 Å². The number of ether oxygens (including phenoxy) is 1. The average Bonchev–Trinajstić information content (AvgIpc) is 3.14. The third-order valence-corrected chi connectivity index (χ3v) is 8.65. The number of aromatic nitrogens is 1. The van der Waals surface area contributed by atoms with Gasteiger partial charge in [-0.1, -0.05) is 66.2 Å². The van der Waals surface area contributed by atoms with Crippen molar-refractivity contribution >= 4 is 58.2 Å². The summed E-state index contributed by atoms with van der Waals surface area (Å²) in [6.07, 6.45) is 7.47. The molecule has 0 radical (unpaired) electrons. The minimum Gasteiger partial charge on any atom is -0.461 e. The van der Waals surface area contributed by atoms with Crippen LogP contribution in [0.5, 0.6) is 0 Å². The number of allylic oxidation sites excluding steroid dienone is 3. The van der Waals surface area contributed by atoms with Gasteiger partial charge in [-0.05, 0) is 39.0 Å². The predicted octanol–water partition coefficient (Wildman–Crippen LogP) is 5.50. The van der Waals surface area contributed by atoms with E-state index in [9.17, 15) is 9.00 Å². The minimum absolute atomic E-state index is 0.195. The molecule has 3 unspecified atom stereocenters. The molecular weight excluding hydrogens is 477 g/mol. The van der Waals surface area contributed by atoms with Crippen molar-refractivity contribution in [1.29, 1.82) is 0 Å². The van der Waals surface area contributed by atoms with Crippen molar-refractivity contribution in [3.05, 3.63) is 83.6 Å². The van der Waals surface area contributed by atoms with Gasteiger partial charge in [0.1, 0.15) is 11.0 Å². The van der Waals surface area contributed by atoms with Crippen molar-refractivity contribution in [3.63, 3.8) is 0 Å². The fourth-order valence-electron chi connectivity index (χ4n) is 3.45. The van der Waals surface area contributed by atoms with Gasteiger partial charge < -0.3 is 9.26 Å². The van der Waals surface area contributed by atoms with Crippen molar-refractivity contribution in [1.82, 2.24) is 3.97 Å². The van der Waals surface area contributed by atoms with Crippen molar-refractivity contribution < 1.29 is 18.3 Å². The van der Waals surface area contributed by atoms with Crippen LogP contribution in [0, 0.1) is 0 Å². The molecule has 0 bridgehead atoms.